The van der Waals surface area contributed by atoms with Gasteiger partial charge in [0.25, 0.3) is 5.91 Å². The van der Waals surface area contributed by atoms with Crippen LogP contribution in [-0.4, -0.2) is 40.4 Å². The van der Waals surface area contributed by atoms with Crippen LogP contribution in [0.25, 0.3) is 15.3 Å². The van der Waals surface area contributed by atoms with Crippen molar-refractivity contribution < 1.29 is 13.2 Å². The van der Waals surface area contributed by atoms with Crippen LogP contribution in [0.15, 0.2) is 77.7 Å². The predicted octanol–water partition coefficient (Wildman–Crippen LogP) is 5.74. The summed E-state index contributed by atoms with van der Waals surface area (Å²) in [5, 5.41) is 8.20. The second-order valence-electron chi connectivity index (χ2n) is 10.1. The van der Waals surface area contributed by atoms with Gasteiger partial charge in [-0.3, -0.25) is 4.79 Å². The van der Waals surface area contributed by atoms with E-state index in [-0.39, 0.29) is 17.3 Å². The molecule has 1 amide bonds. The molecule has 2 aromatic heterocycles. The Bertz CT molecular complexity index is 1770. The zero-order chi connectivity index (χ0) is 27.9. The SMILES string of the molecule is Cc1cc(NC(=O)c2ccc(S(=O)(=O)N(C)Cc3ccccc3)cc2)n(-c2nc3cc4c(cc3s2)CCCC4)n1. The molecule has 0 atom stereocenters. The van der Waals surface area contributed by atoms with Crippen LogP contribution >= 0.6 is 11.3 Å². The van der Waals surface area contributed by atoms with Gasteiger partial charge in [-0.25, -0.2) is 13.4 Å². The number of carbonyl (C=O) groups excluding carboxylic acids is 1. The topological polar surface area (TPSA) is 97.2 Å². The second kappa shape index (κ2) is 10.6. The highest BCUT2D eigenvalue weighted by Gasteiger charge is 2.22. The molecule has 0 radical (unpaired) electrons. The fraction of sp³-hybridized carbons (Fsp3) is 0.233. The zero-order valence-corrected chi connectivity index (χ0v) is 23.9. The number of anilines is 1. The maximum absolute atomic E-state index is 13.2. The van der Waals surface area contributed by atoms with Crippen LogP contribution in [0.1, 0.15) is 45.6 Å². The first kappa shape index (κ1) is 26.4. The third-order valence-corrected chi connectivity index (χ3v) is 9.98. The molecule has 5 aromatic rings. The smallest absolute Gasteiger partial charge is 0.256 e. The van der Waals surface area contributed by atoms with E-state index in [4.69, 9.17) is 4.98 Å². The van der Waals surface area contributed by atoms with Gasteiger partial charge in [0, 0.05) is 25.2 Å². The van der Waals surface area contributed by atoms with Gasteiger partial charge in [-0.1, -0.05) is 41.7 Å². The van der Waals surface area contributed by atoms with Crippen molar-refractivity contribution in [1.29, 1.82) is 0 Å². The summed E-state index contributed by atoms with van der Waals surface area (Å²) >= 11 is 1.55. The normalized spacial score (nSPS) is 13.5. The number of sulfonamides is 1. The number of nitrogens with one attached hydrogen (secondary N) is 1. The monoisotopic (exact) mass is 571 g/mol. The van der Waals surface area contributed by atoms with E-state index in [1.165, 1.54) is 52.5 Å². The van der Waals surface area contributed by atoms with Gasteiger partial charge in [0.1, 0.15) is 5.82 Å². The Hall–Kier alpha value is -3.86. The zero-order valence-electron chi connectivity index (χ0n) is 22.3. The Kier molecular flexibility index (Phi) is 6.99. The van der Waals surface area contributed by atoms with Crippen molar-refractivity contribution in [3.8, 4) is 5.13 Å². The van der Waals surface area contributed by atoms with Crippen LogP contribution in [-0.2, 0) is 29.4 Å². The predicted molar refractivity (Wildman–Crippen MR) is 158 cm³/mol. The molecular weight excluding hydrogens is 542 g/mol. The van der Waals surface area contributed by atoms with Crippen molar-refractivity contribution in [2.45, 2.75) is 44.0 Å². The van der Waals surface area contributed by atoms with Gasteiger partial charge in [0.05, 0.1) is 20.8 Å². The summed E-state index contributed by atoms with van der Waals surface area (Å²) in [7, 11) is -2.17. The fourth-order valence-corrected chi connectivity index (χ4v) is 7.18. The molecule has 1 aliphatic carbocycles. The van der Waals surface area contributed by atoms with Crippen LogP contribution in [0.5, 0.6) is 0 Å². The van der Waals surface area contributed by atoms with Crippen LogP contribution in [0.4, 0.5) is 5.82 Å². The Balaban J connectivity index is 1.21. The number of rotatable bonds is 7. The fourth-order valence-electron chi connectivity index (χ4n) is 5.04. The molecule has 0 aliphatic heterocycles. The number of nitrogens with zero attached hydrogens (tertiary/aromatic N) is 4. The third kappa shape index (κ3) is 5.17. The Labute approximate surface area is 237 Å². The molecule has 0 unspecified atom stereocenters. The van der Waals surface area contributed by atoms with E-state index in [1.54, 1.807) is 29.1 Å². The molecule has 2 heterocycles. The van der Waals surface area contributed by atoms with E-state index in [9.17, 15) is 13.2 Å². The molecule has 204 valence electrons. The van der Waals surface area contributed by atoms with Crippen molar-refractivity contribution in [1.82, 2.24) is 19.1 Å². The Morgan fingerprint density at radius 2 is 1.70 bits per heavy atom. The molecule has 0 saturated heterocycles. The lowest BCUT2D eigenvalue weighted by Gasteiger charge is -2.17. The lowest BCUT2D eigenvalue weighted by atomic mass is 9.92. The molecule has 1 aliphatic rings. The van der Waals surface area contributed by atoms with Crippen LogP contribution in [0, 0.1) is 6.92 Å². The van der Waals surface area contributed by atoms with E-state index in [0.717, 1.165) is 34.3 Å². The lowest BCUT2D eigenvalue weighted by Crippen LogP contribution is -2.26. The number of hydrogen-bond donors (Lipinski definition) is 1. The molecule has 6 rings (SSSR count). The van der Waals surface area contributed by atoms with Crippen molar-refractivity contribution in [2.75, 3.05) is 12.4 Å². The van der Waals surface area contributed by atoms with Gasteiger partial charge in [-0.05, 0) is 85.7 Å². The largest absolute Gasteiger partial charge is 0.306 e. The molecule has 10 heteroatoms. The average molecular weight is 572 g/mol. The average Bonchev–Trinajstić information content (AvgIpc) is 3.54. The first-order chi connectivity index (χ1) is 19.3. The summed E-state index contributed by atoms with van der Waals surface area (Å²) in [5.41, 5.74) is 5.70. The van der Waals surface area contributed by atoms with E-state index in [2.05, 4.69) is 22.5 Å². The first-order valence-corrected chi connectivity index (χ1v) is 15.4. The number of hydrogen-bond acceptors (Lipinski definition) is 6. The highest BCUT2D eigenvalue weighted by Crippen LogP contribution is 2.32. The van der Waals surface area contributed by atoms with Gasteiger partial charge in [0.15, 0.2) is 0 Å². The molecule has 1 N–H and O–H groups in total. The maximum atomic E-state index is 13.2. The Morgan fingerprint density at radius 3 is 2.42 bits per heavy atom. The summed E-state index contributed by atoms with van der Waals surface area (Å²) < 4.78 is 30.2. The van der Waals surface area contributed by atoms with Crippen LogP contribution < -0.4 is 5.32 Å². The minimum Gasteiger partial charge on any atom is -0.306 e. The molecule has 3 aromatic carbocycles. The summed E-state index contributed by atoms with van der Waals surface area (Å²) in [6.07, 6.45) is 4.62. The maximum Gasteiger partial charge on any atom is 0.256 e. The molecule has 0 spiro atoms. The number of carbonyl (C=O) groups is 1. The van der Waals surface area contributed by atoms with Crippen molar-refractivity contribution in [3.63, 3.8) is 0 Å². The van der Waals surface area contributed by atoms with Crippen molar-refractivity contribution in [2.24, 2.45) is 0 Å². The first-order valence-electron chi connectivity index (χ1n) is 13.2. The van der Waals surface area contributed by atoms with Gasteiger partial charge in [-0.2, -0.15) is 14.1 Å². The van der Waals surface area contributed by atoms with E-state index >= 15 is 0 Å². The highest BCUT2D eigenvalue weighted by molar-refractivity contribution is 7.89. The number of amides is 1. The molecular formula is C30H29N5O3S2. The Morgan fingerprint density at radius 1 is 1.00 bits per heavy atom. The number of thiazole rings is 1. The summed E-state index contributed by atoms with van der Waals surface area (Å²) in [6.45, 7) is 2.12. The summed E-state index contributed by atoms with van der Waals surface area (Å²) in [5.74, 6) is 0.143. The number of fused-ring (bicyclic) bond motifs is 2. The summed E-state index contributed by atoms with van der Waals surface area (Å²) in [6, 6.07) is 21.6. The number of aromatic nitrogens is 3. The van der Waals surface area contributed by atoms with Gasteiger partial charge >= 0.3 is 0 Å². The van der Waals surface area contributed by atoms with E-state index < -0.39 is 10.0 Å². The van der Waals surface area contributed by atoms with Crippen LogP contribution in [0.2, 0.25) is 0 Å². The van der Waals surface area contributed by atoms with Gasteiger partial charge < -0.3 is 5.32 Å². The second-order valence-corrected chi connectivity index (χ2v) is 13.2. The van der Waals surface area contributed by atoms with Gasteiger partial charge in [-0.15, -0.1) is 0 Å². The highest BCUT2D eigenvalue weighted by atomic mass is 32.2. The van der Waals surface area contributed by atoms with Crippen LogP contribution in [0.3, 0.4) is 0 Å². The minimum atomic E-state index is -3.72. The molecule has 0 bridgehead atoms. The van der Waals surface area contributed by atoms with E-state index in [0.29, 0.717) is 16.5 Å². The third-order valence-electron chi connectivity index (χ3n) is 7.17. The van der Waals surface area contributed by atoms with E-state index in [1.807, 2.05) is 37.3 Å². The van der Waals surface area contributed by atoms with Crippen molar-refractivity contribution in [3.05, 3.63) is 101 Å². The minimum absolute atomic E-state index is 0.126. The lowest BCUT2D eigenvalue weighted by molar-refractivity contribution is 0.102. The quantitative estimate of drug-likeness (QED) is 0.269. The van der Waals surface area contributed by atoms with Gasteiger partial charge in [0.2, 0.25) is 15.2 Å². The van der Waals surface area contributed by atoms with Crippen molar-refractivity contribution >= 4 is 43.3 Å². The molecule has 0 saturated carbocycles. The number of benzene rings is 3. The molecule has 0 fully saturated rings. The molecule has 40 heavy (non-hydrogen) atoms. The molecule has 8 nitrogen and oxygen atoms in total. The number of aryl methyl sites for hydroxylation is 3. The standard InChI is InChI=1S/C30H29N5O3S2/c1-20-16-28(35(33-20)30-31-26-17-23-10-6-7-11-24(23)18-27(26)39-30)32-29(36)22-12-14-25(15-13-22)40(37,38)34(2)19-21-8-4-3-5-9-21/h3-5,8-9,12-18H,6-7,10-11,19H2,1-2H3,(H,32,36). The summed E-state index contributed by atoms with van der Waals surface area (Å²) in [4.78, 5) is 18.1.